The largest absolute Gasteiger partial charge is 0.392 e. The van der Waals surface area contributed by atoms with Crippen molar-refractivity contribution < 1.29 is 5.11 Å². The number of aryl methyl sites for hydroxylation is 1. The van der Waals surface area contributed by atoms with Gasteiger partial charge in [0.2, 0.25) is 0 Å². The van der Waals surface area contributed by atoms with Gasteiger partial charge in [-0.15, -0.1) is 0 Å². The molecule has 1 aromatic rings. The van der Waals surface area contributed by atoms with Crippen molar-refractivity contribution >= 4 is 0 Å². The lowest BCUT2D eigenvalue weighted by atomic mass is 10.2. The van der Waals surface area contributed by atoms with Crippen LogP contribution in [0.3, 0.4) is 0 Å². The molecule has 1 heterocycles. The maximum Gasteiger partial charge on any atom is 0.0693 e. The maximum absolute atomic E-state index is 9.59. The number of aromatic nitrogens is 2. The minimum absolute atomic E-state index is 0.130. The van der Waals surface area contributed by atoms with Crippen LogP contribution < -0.4 is 5.32 Å². The minimum atomic E-state index is -0.130. The van der Waals surface area contributed by atoms with Crippen molar-refractivity contribution in [1.82, 2.24) is 15.1 Å². The van der Waals surface area contributed by atoms with E-state index in [0.29, 0.717) is 6.04 Å². The predicted molar refractivity (Wildman–Crippen MR) is 58.5 cm³/mol. The van der Waals surface area contributed by atoms with Crippen LogP contribution in [-0.4, -0.2) is 33.6 Å². The number of rotatable bonds is 5. The van der Waals surface area contributed by atoms with Crippen molar-refractivity contribution in [1.29, 1.82) is 0 Å². The lowest BCUT2D eigenvalue weighted by molar-refractivity contribution is 0.149. The van der Waals surface area contributed by atoms with Crippen molar-refractivity contribution in [2.45, 2.75) is 44.4 Å². The van der Waals surface area contributed by atoms with Crippen LogP contribution in [0.4, 0.5) is 0 Å². The van der Waals surface area contributed by atoms with Crippen molar-refractivity contribution in [3.05, 3.63) is 18.5 Å². The Bertz CT molecular complexity index is 273. The summed E-state index contributed by atoms with van der Waals surface area (Å²) in [6.07, 6.45) is 7.93. The maximum atomic E-state index is 9.59. The van der Waals surface area contributed by atoms with E-state index in [9.17, 15) is 5.11 Å². The lowest BCUT2D eigenvalue weighted by Gasteiger charge is -2.16. The van der Waals surface area contributed by atoms with Crippen LogP contribution in [0.25, 0.3) is 0 Å². The van der Waals surface area contributed by atoms with Crippen molar-refractivity contribution in [2.24, 2.45) is 0 Å². The predicted octanol–water partition coefficient (Wildman–Crippen LogP) is 0.776. The summed E-state index contributed by atoms with van der Waals surface area (Å²) in [5.74, 6) is 0. The summed E-state index contributed by atoms with van der Waals surface area (Å²) in [6.45, 7) is 1.91. The first-order valence-corrected chi connectivity index (χ1v) is 5.75. The summed E-state index contributed by atoms with van der Waals surface area (Å²) in [7, 11) is 0. The van der Waals surface area contributed by atoms with Gasteiger partial charge in [0, 0.05) is 25.0 Å². The van der Waals surface area contributed by atoms with E-state index in [1.807, 2.05) is 16.9 Å². The highest BCUT2D eigenvalue weighted by Crippen LogP contribution is 2.18. The van der Waals surface area contributed by atoms with Gasteiger partial charge in [0.05, 0.1) is 6.10 Å². The van der Waals surface area contributed by atoms with Gasteiger partial charge in [-0.3, -0.25) is 4.68 Å². The van der Waals surface area contributed by atoms with E-state index < -0.39 is 0 Å². The number of hydrogen-bond donors (Lipinski definition) is 2. The quantitative estimate of drug-likeness (QED) is 0.704. The number of aliphatic hydroxyl groups is 1. The zero-order valence-electron chi connectivity index (χ0n) is 8.97. The first-order valence-electron chi connectivity index (χ1n) is 5.75. The van der Waals surface area contributed by atoms with Crippen LogP contribution in [0.5, 0.6) is 0 Å². The van der Waals surface area contributed by atoms with Gasteiger partial charge >= 0.3 is 0 Å². The van der Waals surface area contributed by atoms with Gasteiger partial charge in [-0.25, -0.2) is 0 Å². The van der Waals surface area contributed by atoms with E-state index in [4.69, 9.17) is 0 Å². The Balaban J connectivity index is 1.59. The van der Waals surface area contributed by atoms with Crippen LogP contribution in [-0.2, 0) is 6.54 Å². The molecule has 15 heavy (non-hydrogen) atoms. The summed E-state index contributed by atoms with van der Waals surface area (Å²) in [6, 6.07) is 2.26. The van der Waals surface area contributed by atoms with Crippen molar-refractivity contribution in [2.75, 3.05) is 6.54 Å². The lowest BCUT2D eigenvalue weighted by Crippen LogP contribution is -2.36. The molecule has 0 aromatic carbocycles. The Hall–Kier alpha value is -0.870. The molecule has 0 aliphatic heterocycles. The van der Waals surface area contributed by atoms with Gasteiger partial charge in [-0.1, -0.05) is 0 Å². The molecule has 1 aromatic heterocycles. The van der Waals surface area contributed by atoms with Crippen molar-refractivity contribution in [3.8, 4) is 0 Å². The second-order valence-corrected chi connectivity index (χ2v) is 4.18. The first-order chi connectivity index (χ1) is 7.36. The normalized spacial score (nSPS) is 25.9. The molecule has 0 saturated heterocycles. The van der Waals surface area contributed by atoms with Gasteiger partial charge in [0.25, 0.3) is 0 Å². The van der Waals surface area contributed by atoms with E-state index in [-0.39, 0.29) is 6.10 Å². The first kappa shape index (κ1) is 10.6. The van der Waals surface area contributed by atoms with Crippen LogP contribution in [0.2, 0.25) is 0 Å². The van der Waals surface area contributed by atoms with Gasteiger partial charge < -0.3 is 10.4 Å². The Kier molecular flexibility index (Phi) is 3.75. The smallest absolute Gasteiger partial charge is 0.0693 e. The molecule has 4 heteroatoms. The summed E-state index contributed by atoms with van der Waals surface area (Å²) in [4.78, 5) is 0. The average molecular weight is 209 g/mol. The van der Waals surface area contributed by atoms with E-state index >= 15 is 0 Å². The van der Waals surface area contributed by atoms with E-state index in [1.165, 1.54) is 0 Å². The molecule has 2 atom stereocenters. The number of nitrogens with zero attached hydrogens (tertiary/aromatic N) is 2. The molecule has 2 N–H and O–H groups in total. The second kappa shape index (κ2) is 5.28. The second-order valence-electron chi connectivity index (χ2n) is 4.18. The Morgan fingerprint density at radius 1 is 1.47 bits per heavy atom. The highest BCUT2D eigenvalue weighted by atomic mass is 16.3. The van der Waals surface area contributed by atoms with Gasteiger partial charge in [-0.05, 0) is 38.3 Å². The zero-order chi connectivity index (χ0) is 10.5. The SMILES string of the molecule is O[C@@H]1CCC[C@H]1NCCCn1cccn1. The molecule has 84 valence electrons. The summed E-state index contributed by atoms with van der Waals surface area (Å²) in [5, 5.41) is 17.1. The number of nitrogens with one attached hydrogen (secondary N) is 1. The standard InChI is InChI=1S/C11H19N3O/c15-11-5-1-4-10(11)12-6-2-8-14-9-3-7-13-14/h3,7,9-12,15H,1-2,4-6,8H2/t10-,11-/m1/s1. The molecule has 1 fully saturated rings. The molecule has 1 aliphatic rings. The van der Waals surface area contributed by atoms with Crippen molar-refractivity contribution in [3.63, 3.8) is 0 Å². The third kappa shape index (κ3) is 3.04. The summed E-state index contributed by atoms with van der Waals surface area (Å²) < 4.78 is 1.94. The molecular formula is C11H19N3O. The van der Waals surface area contributed by atoms with Crippen LogP contribution >= 0.6 is 0 Å². The van der Waals surface area contributed by atoms with E-state index in [0.717, 1.165) is 38.8 Å². The monoisotopic (exact) mass is 209 g/mol. The molecule has 2 rings (SSSR count). The fraction of sp³-hybridized carbons (Fsp3) is 0.727. The molecule has 4 nitrogen and oxygen atoms in total. The highest BCUT2D eigenvalue weighted by Gasteiger charge is 2.23. The average Bonchev–Trinajstić information content (AvgIpc) is 2.85. The third-order valence-corrected chi connectivity index (χ3v) is 3.01. The number of aliphatic hydroxyl groups excluding tert-OH is 1. The fourth-order valence-electron chi connectivity index (χ4n) is 2.14. The van der Waals surface area contributed by atoms with Crippen LogP contribution in [0.1, 0.15) is 25.7 Å². The third-order valence-electron chi connectivity index (χ3n) is 3.01. The molecule has 0 unspecified atom stereocenters. The Labute approximate surface area is 90.3 Å². The van der Waals surface area contributed by atoms with Gasteiger partial charge in [0.15, 0.2) is 0 Å². The molecule has 0 spiro atoms. The fourth-order valence-corrected chi connectivity index (χ4v) is 2.14. The van der Waals surface area contributed by atoms with E-state index in [1.54, 1.807) is 6.20 Å². The molecule has 0 radical (unpaired) electrons. The van der Waals surface area contributed by atoms with E-state index in [2.05, 4.69) is 10.4 Å². The van der Waals surface area contributed by atoms with Gasteiger partial charge in [-0.2, -0.15) is 5.10 Å². The zero-order valence-corrected chi connectivity index (χ0v) is 8.97. The summed E-state index contributed by atoms with van der Waals surface area (Å²) >= 11 is 0. The Morgan fingerprint density at radius 3 is 3.07 bits per heavy atom. The Morgan fingerprint density at radius 2 is 2.40 bits per heavy atom. The number of hydrogen-bond acceptors (Lipinski definition) is 3. The molecule has 0 bridgehead atoms. The highest BCUT2D eigenvalue weighted by molar-refractivity contribution is 4.82. The minimum Gasteiger partial charge on any atom is -0.392 e. The summed E-state index contributed by atoms with van der Waals surface area (Å²) in [5.41, 5.74) is 0. The molecule has 1 saturated carbocycles. The van der Waals surface area contributed by atoms with Crippen LogP contribution in [0.15, 0.2) is 18.5 Å². The molecule has 0 amide bonds. The topological polar surface area (TPSA) is 50.1 Å². The molecular weight excluding hydrogens is 190 g/mol. The van der Waals surface area contributed by atoms with Crippen LogP contribution in [0, 0.1) is 0 Å². The molecule has 1 aliphatic carbocycles. The van der Waals surface area contributed by atoms with Gasteiger partial charge in [0.1, 0.15) is 0 Å².